The van der Waals surface area contributed by atoms with Gasteiger partial charge in [-0.25, -0.2) is 0 Å². The van der Waals surface area contributed by atoms with Gasteiger partial charge < -0.3 is 10.1 Å². The minimum atomic E-state index is -0.0970. The topological polar surface area (TPSA) is 38.3 Å². The fourth-order valence-electron chi connectivity index (χ4n) is 2.88. The molecule has 0 bridgehead atoms. The maximum absolute atomic E-state index is 12.9. The summed E-state index contributed by atoms with van der Waals surface area (Å²) in [6.07, 6.45) is 0.376. The molecule has 138 valence electrons. The van der Waals surface area contributed by atoms with E-state index < -0.39 is 0 Å². The van der Waals surface area contributed by atoms with E-state index in [1.165, 1.54) is 9.13 Å². The first-order valence-electron chi connectivity index (χ1n) is 8.81. The Morgan fingerprint density at radius 1 is 0.963 bits per heavy atom. The summed E-state index contributed by atoms with van der Waals surface area (Å²) >= 11 is 2.29. The molecule has 0 fully saturated rings. The third kappa shape index (κ3) is 5.32. The molecule has 0 radical (unpaired) electrons. The number of hydrogen-bond acceptors (Lipinski definition) is 3. The van der Waals surface area contributed by atoms with Gasteiger partial charge in [-0.2, -0.15) is 0 Å². The Morgan fingerprint density at radius 3 is 2.19 bits per heavy atom. The molecule has 3 rings (SSSR count). The van der Waals surface area contributed by atoms with Gasteiger partial charge in [0.1, 0.15) is 5.75 Å². The minimum Gasteiger partial charge on any atom is -0.497 e. The number of ether oxygens (including phenoxy) is 1. The second-order valence-corrected chi connectivity index (χ2v) is 7.72. The summed E-state index contributed by atoms with van der Waals surface area (Å²) in [6, 6.07) is 23.7. The number of Topliss-reactive ketones (excluding diaryl/α,β-unsaturated/α-hetero) is 1. The zero-order valence-electron chi connectivity index (χ0n) is 15.4. The normalized spacial score (nSPS) is 11.7. The van der Waals surface area contributed by atoms with Crippen molar-refractivity contribution in [3.05, 3.63) is 93.1 Å². The summed E-state index contributed by atoms with van der Waals surface area (Å²) in [6.45, 7) is 2.06. The summed E-state index contributed by atoms with van der Waals surface area (Å²) in [5.74, 6) is 0.847. The first kappa shape index (κ1) is 19.4. The molecule has 0 aliphatic rings. The molecule has 0 aliphatic carbocycles. The van der Waals surface area contributed by atoms with Crippen molar-refractivity contribution in [2.75, 3.05) is 12.4 Å². The Labute approximate surface area is 173 Å². The lowest BCUT2D eigenvalue weighted by molar-refractivity contribution is 0.0976. The number of aryl methyl sites for hydroxylation is 1. The van der Waals surface area contributed by atoms with E-state index >= 15 is 0 Å². The second kappa shape index (κ2) is 9.04. The number of ketones is 1. The fraction of sp³-hybridized carbons (Fsp3) is 0.174. The van der Waals surface area contributed by atoms with Crippen molar-refractivity contribution in [2.24, 2.45) is 0 Å². The lowest BCUT2D eigenvalue weighted by Gasteiger charge is -2.20. The van der Waals surface area contributed by atoms with E-state index in [1.807, 2.05) is 36.4 Å². The second-order valence-electron chi connectivity index (χ2n) is 6.47. The fourth-order valence-corrected chi connectivity index (χ4v) is 3.24. The van der Waals surface area contributed by atoms with Crippen molar-refractivity contribution < 1.29 is 9.53 Å². The Morgan fingerprint density at radius 2 is 1.59 bits per heavy atom. The van der Waals surface area contributed by atoms with Gasteiger partial charge in [0.05, 0.1) is 13.2 Å². The highest BCUT2D eigenvalue weighted by atomic mass is 127. The van der Waals surface area contributed by atoms with E-state index in [0.29, 0.717) is 12.0 Å². The van der Waals surface area contributed by atoms with Gasteiger partial charge in [0.15, 0.2) is 5.78 Å². The molecule has 0 amide bonds. The molecule has 0 aliphatic heterocycles. The standard InChI is InChI=1S/C23H22INO2/c1-16-3-5-17(6-4-16)22(25-20-11-9-19(24)10-12-20)15-23(26)18-7-13-21(27-2)14-8-18/h3-14,22,25H,15H2,1-2H3. The smallest absolute Gasteiger partial charge is 0.165 e. The lowest BCUT2D eigenvalue weighted by atomic mass is 9.97. The molecule has 0 aromatic heterocycles. The molecule has 3 aromatic carbocycles. The van der Waals surface area contributed by atoms with Crippen molar-refractivity contribution in [1.82, 2.24) is 0 Å². The average molecular weight is 471 g/mol. The number of nitrogens with one attached hydrogen (secondary N) is 1. The van der Waals surface area contributed by atoms with Crippen molar-refractivity contribution in [3.8, 4) is 5.75 Å². The molecule has 4 heteroatoms. The van der Waals surface area contributed by atoms with Crippen LogP contribution in [0.2, 0.25) is 0 Å². The summed E-state index contributed by atoms with van der Waals surface area (Å²) in [5, 5.41) is 3.52. The maximum Gasteiger partial charge on any atom is 0.165 e. The predicted octanol–water partition coefficient (Wildman–Crippen LogP) is 6.03. The molecule has 1 unspecified atom stereocenters. The van der Waals surface area contributed by atoms with Crippen molar-refractivity contribution in [2.45, 2.75) is 19.4 Å². The summed E-state index contributed by atoms with van der Waals surface area (Å²) in [7, 11) is 1.62. The highest BCUT2D eigenvalue weighted by molar-refractivity contribution is 14.1. The number of anilines is 1. The first-order valence-corrected chi connectivity index (χ1v) is 9.89. The van der Waals surface area contributed by atoms with Gasteiger partial charge in [-0.15, -0.1) is 0 Å². The zero-order valence-corrected chi connectivity index (χ0v) is 17.6. The van der Waals surface area contributed by atoms with Gasteiger partial charge in [-0.3, -0.25) is 4.79 Å². The minimum absolute atomic E-state index is 0.0970. The van der Waals surface area contributed by atoms with Gasteiger partial charge in [0.25, 0.3) is 0 Å². The predicted molar refractivity (Wildman–Crippen MR) is 119 cm³/mol. The molecular weight excluding hydrogens is 449 g/mol. The molecule has 1 atom stereocenters. The van der Waals surface area contributed by atoms with E-state index in [4.69, 9.17) is 4.74 Å². The van der Waals surface area contributed by atoms with E-state index in [-0.39, 0.29) is 11.8 Å². The van der Waals surface area contributed by atoms with Crippen LogP contribution in [0.4, 0.5) is 5.69 Å². The van der Waals surface area contributed by atoms with Crippen LogP contribution in [-0.2, 0) is 0 Å². The highest BCUT2D eigenvalue weighted by Gasteiger charge is 2.17. The Hall–Kier alpha value is -2.34. The van der Waals surface area contributed by atoms with Crippen LogP contribution in [0.25, 0.3) is 0 Å². The Kier molecular flexibility index (Phi) is 6.50. The van der Waals surface area contributed by atoms with Crippen LogP contribution in [0.5, 0.6) is 5.75 Å². The van der Waals surface area contributed by atoms with Crippen LogP contribution in [-0.4, -0.2) is 12.9 Å². The summed E-state index contributed by atoms with van der Waals surface area (Å²) in [5.41, 5.74) is 4.00. The SMILES string of the molecule is COc1ccc(C(=O)CC(Nc2ccc(I)cc2)c2ccc(C)cc2)cc1. The van der Waals surface area contributed by atoms with Gasteiger partial charge in [0.2, 0.25) is 0 Å². The number of methoxy groups -OCH3 is 1. The van der Waals surface area contributed by atoms with Crippen molar-refractivity contribution in [1.29, 1.82) is 0 Å². The van der Waals surface area contributed by atoms with Gasteiger partial charge in [0, 0.05) is 21.2 Å². The number of rotatable bonds is 7. The summed E-state index contributed by atoms with van der Waals surface area (Å²) < 4.78 is 6.35. The zero-order chi connectivity index (χ0) is 19.2. The van der Waals surface area contributed by atoms with Crippen LogP contribution in [0, 0.1) is 10.5 Å². The number of halogens is 1. The van der Waals surface area contributed by atoms with E-state index in [2.05, 4.69) is 71.2 Å². The molecule has 27 heavy (non-hydrogen) atoms. The molecule has 0 saturated heterocycles. The van der Waals surface area contributed by atoms with Crippen molar-refractivity contribution in [3.63, 3.8) is 0 Å². The number of hydrogen-bond donors (Lipinski definition) is 1. The van der Waals surface area contributed by atoms with Crippen LogP contribution < -0.4 is 10.1 Å². The van der Waals surface area contributed by atoms with Crippen LogP contribution in [0.3, 0.4) is 0 Å². The van der Waals surface area contributed by atoms with Gasteiger partial charge >= 0.3 is 0 Å². The molecule has 0 heterocycles. The van der Waals surface area contributed by atoms with Crippen LogP contribution >= 0.6 is 22.6 Å². The largest absolute Gasteiger partial charge is 0.497 e. The quantitative estimate of drug-likeness (QED) is 0.338. The number of carbonyl (C=O) groups is 1. The van der Waals surface area contributed by atoms with Gasteiger partial charge in [-0.1, -0.05) is 29.8 Å². The van der Waals surface area contributed by atoms with E-state index in [9.17, 15) is 4.79 Å². The van der Waals surface area contributed by atoms with Crippen LogP contribution in [0.1, 0.15) is 33.9 Å². The van der Waals surface area contributed by atoms with Crippen LogP contribution in [0.15, 0.2) is 72.8 Å². The number of carbonyl (C=O) groups excluding carboxylic acids is 1. The van der Waals surface area contributed by atoms with E-state index in [0.717, 1.165) is 17.0 Å². The molecule has 0 spiro atoms. The maximum atomic E-state index is 12.9. The molecular formula is C23H22INO2. The Bertz CT molecular complexity index is 887. The molecule has 1 N–H and O–H groups in total. The molecule has 3 aromatic rings. The van der Waals surface area contributed by atoms with E-state index in [1.54, 1.807) is 7.11 Å². The molecule has 0 saturated carbocycles. The third-order valence-corrected chi connectivity index (χ3v) is 5.19. The first-order chi connectivity index (χ1) is 13.0. The highest BCUT2D eigenvalue weighted by Crippen LogP contribution is 2.26. The number of benzene rings is 3. The lowest BCUT2D eigenvalue weighted by Crippen LogP contribution is -2.16. The third-order valence-electron chi connectivity index (χ3n) is 4.47. The van der Waals surface area contributed by atoms with Crippen molar-refractivity contribution >= 4 is 34.1 Å². The average Bonchev–Trinajstić information content (AvgIpc) is 2.70. The monoisotopic (exact) mass is 471 g/mol. The van der Waals surface area contributed by atoms with Gasteiger partial charge in [-0.05, 0) is 83.6 Å². The summed E-state index contributed by atoms with van der Waals surface area (Å²) in [4.78, 5) is 12.9. The molecule has 3 nitrogen and oxygen atoms in total. The Balaban J connectivity index is 1.82.